The summed E-state index contributed by atoms with van der Waals surface area (Å²) in [5.41, 5.74) is 8.34. The summed E-state index contributed by atoms with van der Waals surface area (Å²) in [6, 6.07) is 7.94. The number of anilines is 1. The van der Waals surface area contributed by atoms with Crippen LogP contribution in [-0.2, 0) is 77.7 Å². The number of aromatic nitrogens is 7. The summed E-state index contributed by atoms with van der Waals surface area (Å²) in [5.74, 6) is -2.65. The number of ketones is 2. The number of nitrogens with zero attached hydrogens (tertiary/aromatic N) is 13. The number of nitrogens with two attached hydrogens (primary N) is 2. The Labute approximate surface area is 581 Å². The molecule has 6 aliphatic rings. The lowest BCUT2D eigenvalue weighted by Gasteiger charge is -2.45. The fraction of sp³-hybridized carbons (Fsp3) is 0.559. The van der Waals surface area contributed by atoms with Crippen LogP contribution in [0.5, 0.6) is 11.8 Å². The van der Waals surface area contributed by atoms with Crippen LogP contribution in [0.4, 0.5) is 19.0 Å². The van der Waals surface area contributed by atoms with Gasteiger partial charge in [0.2, 0.25) is 11.8 Å². The largest absolute Gasteiger partial charge is 0.480 e. The number of aliphatic imine (C=N–C) groups is 3. The van der Waals surface area contributed by atoms with E-state index in [0.29, 0.717) is 61.7 Å². The van der Waals surface area contributed by atoms with Gasteiger partial charge in [-0.05, 0) is 160 Å². The highest BCUT2D eigenvalue weighted by molar-refractivity contribution is 7.97. The zero-order chi connectivity index (χ0) is 73.9. The number of esters is 2. The Bertz CT molecular complexity index is 4610. The fourth-order valence-electron chi connectivity index (χ4n) is 13.4. The van der Waals surface area contributed by atoms with Gasteiger partial charge in [0.05, 0.1) is 119 Å². The summed E-state index contributed by atoms with van der Waals surface area (Å²) >= 11 is 0. The highest BCUT2D eigenvalue weighted by atomic mass is 32.2. The Hall–Kier alpha value is -8.26. The van der Waals surface area contributed by atoms with Gasteiger partial charge < -0.3 is 30.4 Å². The Morgan fingerprint density at radius 3 is 1.16 bits per heavy atom. The van der Waals surface area contributed by atoms with E-state index in [-0.39, 0.29) is 89.1 Å². The molecule has 9 atom stereocenters. The first kappa shape index (κ1) is 75.9. The number of ether oxygens (including phenoxy) is 4. The molecule has 0 radical (unpaired) electrons. The van der Waals surface area contributed by atoms with Gasteiger partial charge in [0.15, 0.2) is 11.6 Å². The van der Waals surface area contributed by atoms with Crippen LogP contribution >= 0.6 is 0 Å². The second kappa shape index (κ2) is 27.3. The zero-order valence-corrected chi connectivity index (χ0v) is 61.8. The minimum absolute atomic E-state index is 0.0110. The number of nitrogen functional groups attached to an aromatic ring is 1. The predicted octanol–water partition coefficient (Wildman–Crippen LogP) is 9.14. The Morgan fingerprint density at radius 2 is 0.820 bits per heavy atom. The maximum atomic E-state index is 15.5. The van der Waals surface area contributed by atoms with Gasteiger partial charge in [-0.25, -0.2) is 63.8 Å². The van der Waals surface area contributed by atoms with E-state index in [1.165, 1.54) is 75.4 Å². The number of Topliss-reactive ketones (excluding diaryl/α,β-unsaturated/α-hetero) is 2. The number of halogens is 3. The van der Waals surface area contributed by atoms with Crippen LogP contribution in [0.15, 0.2) is 89.3 Å². The second-order valence-corrected chi connectivity index (χ2v) is 38.1. The van der Waals surface area contributed by atoms with E-state index < -0.39 is 116 Å². The van der Waals surface area contributed by atoms with Crippen molar-refractivity contribution < 1.29 is 63.9 Å². The quantitative estimate of drug-likeness (QED) is 0.0728. The van der Waals surface area contributed by atoms with Crippen LogP contribution in [-0.4, -0.2) is 163 Å². The van der Waals surface area contributed by atoms with Gasteiger partial charge in [0.25, 0.3) is 0 Å². The van der Waals surface area contributed by atoms with Gasteiger partial charge in [-0.2, -0.15) is 0 Å². The van der Waals surface area contributed by atoms with Gasteiger partial charge in [-0.15, -0.1) is 0 Å². The number of fused-ring (bicyclic) bond motifs is 3. The lowest BCUT2D eigenvalue weighted by atomic mass is 9.88. The van der Waals surface area contributed by atoms with Gasteiger partial charge >= 0.3 is 11.9 Å². The maximum Gasteiger partial charge on any atom is 0.312 e. The topological polar surface area (TPSA) is 373 Å². The molecule has 11 heterocycles. The van der Waals surface area contributed by atoms with Crippen molar-refractivity contribution in [2.24, 2.45) is 33.8 Å². The molecule has 0 unspecified atom stereocenters. The molecule has 5 aromatic rings. The van der Waals surface area contributed by atoms with Crippen LogP contribution in [0.3, 0.4) is 0 Å². The van der Waals surface area contributed by atoms with Crippen molar-refractivity contribution in [2.45, 2.75) is 207 Å². The van der Waals surface area contributed by atoms with E-state index >= 15 is 8.78 Å². The number of hydrogen-bond donors (Lipinski definition) is 2. The lowest BCUT2D eigenvalue weighted by molar-refractivity contribution is -0.154. The minimum Gasteiger partial charge on any atom is -0.480 e. The van der Waals surface area contributed by atoms with Gasteiger partial charge in [0.1, 0.15) is 90.1 Å². The van der Waals surface area contributed by atoms with Gasteiger partial charge in [0, 0.05) is 42.4 Å². The number of carbonyl (C=O) groups is 4. The zero-order valence-electron chi connectivity index (χ0n) is 59.4. The molecule has 11 rings (SSSR count). The Kier molecular flexibility index (Phi) is 20.7. The lowest BCUT2D eigenvalue weighted by Crippen LogP contribution is -2.58. The van der Waals surface area contributed by atoms with Crippen molar-refractivity contribution in [3.63, 3.8) is 0 Å². The van der Waals surface area contributed by atoms with Crippen LogP contribution < -0.4 is 20.9 Å². The standard InChI is InChI=1S/C27H34FN5O5S.C21H25FN6O3S.C20H29FN4O3S/c1-25(2,3)38-23(35)13-20-26(4,5)39(36)21(10-11-31-39)27(6,33-20)24-17(28)9-8-16(32-24)12-19(34)18-14-30-22(37-7)15-29-18;1-20(2)19(23)28-21(3,16-7-8-26-32(16,20)30)18-13(22)6-5-12(27-18)9-15(29)14-10-25-17(31-4)11-24-14;1-18(2,3)28-16(26)11-13-19(4,5)29(27)14(9-10-23-29)20(6,25-13)17-12(21)7-8-15(22)24-17/h8-9,14-15,21H,10-13H2,1-7H3;5-6,10-11,16H,7-9H2,1-4H3,(H2,23,28);7-8,14H,9-11H2,1-6H3,(H2,22,24)/t21-,27-,39+;16-,21-,32+;14-,20-,29+/m000/s1. The molecular formula is C68H88F3N15O11S3. The molecule has 540 valence electrons. The Morgan fingerprint density at radius 1 is 0.480 bits per heavy atom. The average molecular weight is 1440 g/mol. The maximum absolute atomic E-state index is 15.5. The van der Waals surface area contributed by atoms with E-state index in [0.717, 1.165) is 0 Å². The second-order valence-electron chi connectivity index (χ2n) is 29.1. The molecule has 26 nitrogen and oxygen atoms in total. The molecule has 4 N–H and O–H groups in total. The van der Waals surface area contributed by atoms with Crippen LogP contribution in [0.1, 0.15) is 185 Å². The van der Waals surface area contributed by atoms with Crippen molar-refractivity contribution in [2.75, 3.05) is 39.6 Å². The minimum atomic E-state index is -2.99. The third-order valence-electron chi connectivity index (χ3n) is 18.9. The average Bonchev–Trinajstić information content (AvgIpc) is 1.62. The highest BCUT2D eigenvalue weighted by Gasteiger charge is 2.61. The molecule has 5 aromatic heterocycles. The van der Waals surface area contributed by atoms with Crippen molar-refractivity contribution in [1.29, 1.82) is 0 Å². The molecule has 0 bridgehead atoms. The molecule has 0 aromatic carbocycles. The molecule has 6 aliphatic heterocycles. The normalized spacial score (nSPS) is 28.1. The van der Waals surface area contributed by atoms with Crippen molar-refractivity contribution in [3.05, 3.63) is 118 Å². The monoisotopic (exact) mass is 1440 g/mol. The molecule has 0 aliphatic carbocycles. The van der Waals surface area contributed by atoms with Crippen LogP contribution in [0.25, 0.3) is 0 Å². The molecule has 0 spiro atoms. The van der Waals surface area contributed by atoms with Crippen molar-refractivity contribution in [1.82, 2.24) is 34.9 Å². The number of amidine groups is 1. The van der Waals surface area contributed by atoms with E-state index in [1.54, 1.807) is 104 Å². The van der Waals surface area contributed by atoms with Crippen molar-refractivity contribution in [3.8, 4) is 11.8 Å². The number of pyridine rings is 3. The summed E-state index contributed by atoms with van der Waals surface area (Å²) in [5, 5.41) is -1.71. The highest BCUT2D eigenvalue weighted by Crippen LogP contribution is 2.52. The van der Waals surface area contributed by atoms with Gasteiger partial charge in [-0.1, -0.05) is 0 Å². The summed E-state index contributed by atoms with van der Waals surface area (Å²) < 4.78 is 119. The van der Waals surface area contributed by atoms with E-state index in [9.17, 15) is 36.2 Å². The number of hydrogen-bond acceptors (Lipinski definition) is 26. The Balaban J connectivity index is 0.000000177. The summed E-state index contributed by atoms with van der Waals surface area (Å²) in [6.07, 6.45) is 6.08. The molecular weight excluding hydrogens is 1360 g/mol. The number of rotatable bonds is 15. The molecule has 32 heteroatoms. The third kappa shape index (κ3) is 14.1. The van der Waals surface area contributed by atoms with Crippen molar-refractivity contribution >= 4 is 75.8 Å². The predicted molar refractivity (Wildman–Crippen MR) is 373 cm³/mol. The SMILES string of the molecule is CC(C)(C)OC(=O)CC1=N[C@](C)(c2nc(N)ccc2F)[C@@H]2CCN=[S@]2(=O)C1(C)C.COc1cnc(C(=O)Cc2ccc(F)c([C@@]3(C)N=C(CC(=O)OC(C)(C)C)C(C)(C)[S@@]4(=O)=NCC[C@@H]34)n2)cn1.COc1cnc(C(=O)Cc2ccc(F)c([C@@]3(C)N=C(N)C(C)(C)[S@@]4(=O)=NCC[C@@H]34)n2)cn1. The first-order chi connectivity index (χ1) is 46.3. The fourth-order valence-corrected chi connectivity index (χ4v) is 23.0. The number of methoxy groups -OCH3 is 2. The molecule has 100 heavy (non-hydrogen) atoms. The molecule has 0 amide bonds. The van der Waals surface area contributed by atoms with E-state index in [1.807, 2.05) is 0 Å². The van der Waals surface area contributed by atoms with E-state index in [4.69, 9.17) is 40.4 Å². The molecule has 0 fully saturated rings. The first-order valence-corrected chi connectivity index (χ1v) is 37.2. The summed E-state index contributed by atoms with van der Waals surface area (Å²) in [7, 11) is -5.77. The van der Waals surface area contributed by atoms with Gasteiger partial charge in [-0.3, -0.25) is 44.1 Å². The summed E-state index contributed by atoms with van der Waals surface area (Å²) in [6.45, 7) is 27.4. The molecule has 0 saturated carbocycles. The smallest absolute Gasteiger partial charge is 0.312 e. The number of carbonyl (C=O) groups excluding carboxylic acids is 4. The summed E-state index contributed by atoms with van der Waals surface area (Å²) in [4.78, 5) is 94.4. The van der Waals surface area contributed by atoms with Crippen LogP contribution in [0.2, 0.25) is 0 Å². The first-order valence-electron chi connectivity index (χ1n) is 32.5. The van der Waals surface area contributed by atoms with E-state index in [2.05, 4.69) is 53.0 Å². The van der Waals surface area contributed by atoms with Crippen LogP contribution in [0, 0.1) is 17.5 Å². The third-order valence-corrected chi connectivity index (χ3v) is 30.0. The molecule has 0 saturated heterocycles.